The molecule has 3 aliphatic rings. The summed E-state index contributed by atoms with van der Waals surface area (Å²) in [6.07, 6.45) is 1.87. The molecule has 1 saturated heterocycles. The first-order valence-corrected chi connectivity index (χ1v) is 9.29. The Hall–Kier alpha value is -1.43. The van der Waals surface area contributed by atoms with Gasteiger partial charge in [-0.05, 0) is 18.1 Å². The molecule has 1 unspecified atom stereocenters. The first-order chi connectivity index (χ1) is 10.6. The fraction of sp³-hybridized carbons (Fsp3) is 0.412. The van der Waals surface area contributed by atoms with Crippen molar-refractivity contribution in [1.29, 1.82) is 0 Å². The molecule has 0 bridgehead atoms. The Morgan fingerprint density at radius 1 is 1.18 bits per heavy atom. The molecule has 1 aliphatic heterocycles. The largest absolute Gasteiger partial charge is 0.314 e. The predicted molar refractivity (Wildman–Crippen MR) is 88.5 cm³/mol. The molecule has 0 radical (unpaired) electrons. The van der Waals surface area contributed by atoms with E-state index in [0.717, 1.165) is 30.5 Å². The van der Waals surface area contributed by atoms with Crippen molar-refractivity contribution in [2.45, 2.75) is 30.7 Å². The average Bonchev–Trinajstić information content (AvgIpc) is 2.78. The molecule has 4 nitrogen and oxygen atoms in total. The zero-order chi connectivity index (χ0) is 15.6. The van der Waals surface area contributed by atoms with E-state index in [0.29, 0.717) is 18.0 Å². The van der Waals surface area contributed by atoms with Crippen LogP contribution in [-0.2, 0) is 10.0 Å². The van der Waals surface area contributed by atoms with Gasteiger partial charge in [-0.25, -0.2) is 8.42 Å². The normalized spacial score (nSPS) is 20.3. The van der Waals surface area contributed by atoms with E-state index < -0.39 is 10.0 Å². The summed E-state index contributed by atoms with van der Waals surface area (Å²) in [7, 11) is -3.45. The third-order valence-corrected chi connectivity index (χ3v) is 6.27. The highest BCUT2D eigenvalue weighted by Gasteiger charge is 2.34. The lowest BCUT2D eigenvalue weighted by molar-refractivity contribution is 0.254. The molecule has 0 aromatic rings. The Morgan fingerprint density at radius 2 is 2.00 bits per heavy atom. The molecule has 3 rings (SSSR count). The van der Waals surface area contributed by atoms with Gasteiger partial charge in [0, 0.05) is 31.2 Å². The number of nitrogens with zero attached hydrogens (tertiary/aromatic N) is 1. The molecule has 1 atom stereocenters. The van der Waals surface area contributed by atoms with Gasteiger partial charge in [-0.3, -0.25) is 0 Å². The summed E-state index contributed by atoms with van der Waals surface area (Å²) >= 11 is 0. The molecular weight excluding hydrogens is 296 g/mol. The molecule has 1 N–H and O–H groups in total. The third kappa shape index (κ3) is 2.76. The molecule has 0 spiro atoms. The fourth-order valence-electron chi connectivity index (χ4n) is 3.18. The van der Waals surface area contributed by atoms with Crippen LogP contribution in [0.3, 0.4) is 0 Å². The molecule has 1 fully saturated rings. The van der Waals surface area contributed by atoms with Crippen LogP contribution < -0.4 is 5.32 Å². The van der Waals surface area contributed by atoms with Gasteiger partial charge in [-0.1, -0.05) is 49.7 Å². The summed E-state index contributed by atoms with van der Waals surface area (Å²) in [5, 5.41) is 3.30. The zero-order valence-corrected chi connectivity index (χ0v) is 13.6. The molecule has 2 aliphatic carbocycles. The summed E-state index contributed by atoms with van der Waals surface area (Å²) in [5.74, 6) is 0. The summed E-state index contributed by atoms with van der Waals surface area (Å²) in [4.78, 5) is 0.432. The Morgan fingerprint density at radius 3 is 2.82 bits per heavy atom. The molecule has 0 aromatic carbocycles. The minimum absolute atomic E-state index is 0.0474. The van der Waals surface area contributed by atoms with Crippen LogP contribution in [0.1, 0.15) is 19.8 Å². The van der Waals surface area contributed by atoms with E-state index in [-0.39, 0.29) is 6.04 Å². The van der Waals surface area contributed by atoms with Crippen LogP contribution in [0.5, 0.6) is 0 Å². The lowest BCUT2D eigenvalue weighted by Crippen LogP contribution is -2.53. The van der Waals surface area contributed by atoms with Crippen LogP contribution in [0.25, 0.3) is 11.1 Å². The fourth-order valence-corrected chi connectivity index (χ4v) is 5.04. The van der Waals surface area contributed by atoms with E-state index >= 15 is 0 Å². The maximum absolute atomic E-state index is 13.1. The van der Waals surface area contributed by atoms with Gasteiger partial charge in [0.05, 0.1) is 4.90 Å². The van der Waals surface area contributed by atoms with Gasteiger partial charge < -0.3 is 5.32 Å². The molecule has 0 amide bonds. The van der Waals surface area contributed by atoms with Crippen LogP contribution >= 0.6 is 0 Å². The van der Waals surface area contributed by atoms with Crippen LogP contribution in [0, 0.1) is 0 Å². The molecule has 118 valence electrons. The second-order valence-electron chi connectivity index (χ2n) is 5.74. The number of hydrogen-bond donors (Lipinski definition) is 1. The lowest BCUT2D eigenvalue weighted by Gasteiger charge is -2.35. The van der Waals surface area contributed by atoms with Crippen molar-refractivity contribution in [3.05, 3.63) is 42.5 Å². The van der Waals surface area contributed by atoms with Crippen molar-refractivity contribution in [3.63, 3.8) is 0 Å². The van der Waals surface area contributed by atoms with Crippen molar-refractivity contribution < 1.29 is 8.42 Å². The van der Waals surface area contributed by atoms with Gasteiger partial charge in [0.1, 0.15) is 0 Å². The molecule has 22 heavy (non-hydrogen) atoms. The topological polar surface area (TPSA) is 49.4 Å². The molecule has 5 heteroatoms. The summed E-state index contributed by atoms with van der Waals surface area (Å²) in [6, 6.07) is 13.3. The van der Waals surface area contributed by atoms with Gasteiger partial charge in [0.15, 0.2) is 0 Å². The van der Waals surface area contributed by atoms with Crippen molar-refractivity contribution in [1.82, 2.24) is 9.62 Å². The van der Waals surface area contributed by atoms with Gasteiger partial charge in [0.25, 0.3) is 0 Å². The maximum atomic E-state index is 13.1. The van der Waals surface area contributed by atoms with Crippen molar-refractivity contribution >= 4 is 10.0 Å². The van der Waals surface area contributed by atoms with Crippen LogP contribution in [0.15, 0.2) is 47.4 Å². The monoisotopic (exact) mass is 318 g/mol. The van der Waals surface area contributed by atoms with Crippen LogP contribution in [-0.4, -0.2) is 38.4 Å². The van der Waals surface area contributed by atoms with E-state index in [2.05, 4.69) is 12.2 Å². The van der Waals surface area contributed by atoms with Crippen molar-refractivity contribution in [3.8, 4) is 11.1 Å². The van der Waals surface area contributed by atoms with E-state index in [1.165, 1.54) is 0 Å². The Balaban J connectivity index is 2.01. The standard InChI is InChI=1S/C17H22N2O2S/c1-2-6-15-13-18-11-12-19(15)22(20,21)17-10-9-14-7-4-3-5-8-16(14)17/h3-5,7-10,15,18H,2,6,11-13H2,1H3. The second-order valence-corrected chi connectivity index (χ2v) is 7.60. The molecule has 1 heterocycles. The number of nitrogens with one attached hydrogen (secondary N) is 1. The molecule has 0 saturated carbocycles. The minimum atomic E-state index is -3.45. The van der Waals surface area contributed by atoms with E-state index in [4.69, 9.17) is 0 Å². The zero-order valence-electron chi connectivity index (χ0n) is 12.8. The Kier molecular flexibility index (Phi) is 4.47. The number of fused-ring (bicyclic) bond motifs is 1. The third-order valence-electron chi connectivity index (χ3n) is 4.26. The maximum Gasteiger partial charge on any atom is 0.244 e. The van der Waals surface area contributed by atoms with Crippen molar-refractivity contribution in [2.24, 2.45) is 0 Å². The highest BCUT2D eigenvalue weighted by atomic mass is 32.2. The second kappa shape index (κ2) is 6.36. The quantitative estimate of drug-likeness (QED) is 0.942. The van der Waals surface area contributed by atoms with E-state index in [1.54, 1.807) is 10.4 Å². The van der Waals surface area contributed by atoms with E-state index in [1.807, 2.05) is 36.4 Å². The Bertz CT molecular complexity index is 712. The smallest absolute Gasteiger partial charge is 0.244 e. The number of piperazine rings is 1. The van der Waals surface area contributed by atoms with Gasteiger partial charge in [-0.2, -0.15) is 4.31 Å². The predicted octanol–water partition coefficient (Wildman–Crippen LogP) is 2.55. The number of hydrogen-bond acceptors (Lipinski definition) is 3. The van der Waals surface area contributed by atoms with Crippen molar-refractivity contribution in [2.75, 3.05) is 19.6 Å². The minimum Gasteiger partial charge on any atom is -0.314 e. The lowest BCUT2D eigenvalue weighted by atomic mass is 10.1. The van der Waals surface area contributed by atoms with Gasteiger partial charge in [-0.15, -0.1) is 0 Å². The molecular formula is C17H22N2O2S. The summed E-state index contributed by atoms with van der Waals surface area (Å²) in [5.41, 5.74) is 1.77. The SMILES string of the molecule is CCCC1CNCCN1S(=O)(=O)c1ccc2cccccc1-2. The first kappa shape index (κ1) is 15.5. The summed E-state index contributed by atoms with van der Waals surface area (Å²) < 4.78 is 28.0. The van der Waals surface area contributed by atoms with Gasteiger partial charge in [0.2, 0.25) is 10.0 Å². The van der Waals surface area contributed by atoms with Gasteiger partial charge >= 0.3 is 0 Å². The first-order valence-electron chi connectivity index (χ1n) is 7.85. The summed E-state index contributed by atoms with van der Waals surface area (Å²) in [6.45, 7) is 4.08. The Labute approximate surface area is 132 Å². The highest BCUT2D eigenvalue weighted by Crippen LogP contribution is 2.33. The van der Waals surface area contributed by atoms with Crippen LogP contribution in [0.4, 0.5) is 0 Å². The number of rotatable bonds is 4. The van der Waals surface area contributed by atoms with E-state index in [9.17, 15) is 8.42 Å². The average molecular weight is 318 g/mol. The molecule has 0 aromatic heterocycles. The highest BCUT2D eigenvalue weighted by molar-refractivity contribution is 7.89. The number of sulfonamides is 1. The van der Waals surface area contributed by atoms with Crippen LogP contribution in [0.2, 0.25) is 0 Å².